The molecule has 1 fully saturated rings. The SMILES string of the molecule is Cc1cc(C)c(S(=O)(=O)N2CCN(c3cccc(Cl)c3Cl)CC2)c(C)c1. The van der Waals surface area contributed by atoms with Crippen LogP contribution in [-0.2, 0) is 10.0 Å². The van der Waals surface area contributed by atoms with E-state index in [-0.39, 0.29) is 0 Å². The van der Waals surface area contributed by atoms with Gasteiger partial charge in [-0.2, -0.15) is 4.31 Å². The van der Waals surface area contributed by atoms with E-state index in [1.54, 1.807) is 10.4 Å². The van der Waals surface area contributed by atoms with E-state index in [9.17, 15) is 8.42 Å². The quantitative estimate of drug-likeness (QED) is 0.748. The Hall–Kier alpha value is -1.27. The van der Waals surface area contributed by atoms with E-state index >= 15 is 0 Å². The summed E-state index contributed by atoms with van der Waals surface area (Å²) in [4.78, 5) is 2.51. The van der Waals surface area contributed by atoms with E-state index in [2.05, 4.69) is 4.90 Å². The monoisotopic (exact) mass is 412 g/mol. The molecule has 0 unspecified atom stereocenters. The molecule has 1 heterocycles. The Bertz CT molecular complexity index is 914. The minimum atomic E-state index is -3.52. The number of halogens is 2. The van der Waals surface area contributed by atoms with Crippen molar-refractivity contribution in [2.45, 2.75) is 25.7 Å². The molecule has 0 aromatic heterocycles. The van der Waals surface area contributed by atoms with Gasteiger partial charge < -0.3 is 4.90 Å². The molecule has 1 aliphatic heterocycles. The predicted octanol–water partition coefficient (Wildman–Crippen LogP) is 4.43. The van der Waals surface area contributed by atoms with Gasteiger partial charge in [-0.3, -0.25) is 0 Å². The first-order valence-corrected chi connectivity index (χ1v) is 10.7. The second-order valence-corrected chi connectivity index (χ2v) is 9.35. The third kappa shape index (κ3) is 3.58. The minimum Gasteiger partial charge on any atom is -0.368 e. The Morgan fingerprint density at radius 3 is 2.08 bits per heavy atom. The zero-order valence-electron chi connectivity index (χ0n) is 15.1. The van der Waals surface area contributed by atoms with Crippen LogP contribution in [0.1, 0.15) is 16.7 Å². The largest absolute Gasteiger partial charge is 0.368 e. The molecule has 0 atom stereocenters. The zero-order valence-corrected chi connectivity index (χ0v) is 17.4. The summed E-state index contributed by atoms with van der Waals surface area (Å²) in [5.41, 5.74) is 3.50. The summed E-state index contributed by atoms with van der Waals surface area (Å²) >= 11 is 12.4. The number of piperazine rings is 1. The molecule has 0 N–H and O–H groups in total. The van der Waals surface area contributed by atoms with Crippen molar-refractivity contribution < 1.29 is 8.42 Å². The number of hydrogen-bond acceptors (Lipinski definition) is 3. The molecule has 0 radical (unpaired) electrons. The van der Waals surface area contributed by atoms with Crippen molar-refractivity contribution >= 4 is 38.9 Å². The zero-order chi connectivity index (χ0) is 19.1. The number of anilines is 1. The van der Waals surface area contributed by atoms with Crippen LogP contribution in [0.3, 0.4) is 0 Å². The van der Waals surface area contributed by atoms with Crippen LogP contribution in [0.2, 0.25) is 10.0 Å². The maximum absolute atomic E-state index is 13.2. The molecule has 26 heavy (non-hydrogen) atoms. The molecule has 7 heteroatoms. The predicted molar refractivity (Wildman–Crippen MR) is 108 cm³/mol. The van der Waals surface area contributed by atoms with Crippen LogP contribution in [-0.4, -0.2) is 38.9 Å². The van der Waals surface area contributed by atoms with Crippen LogP contribution >= 0.6 is 23.2 Å². The molecule has 0 aliphatic carbocycles. The van der Waals surface area contributed by atoms with Gasteiger partial charge in [0.15, 0.2) is 0 Å². The Morgan fingerprint density at radius 1 is 0.923 bits per heavy atom. The number of hydrogen-bond donors (Lipinski definition) is 0. The second-order valence-electron chi connectivity index (χ2n) is 6.69. The van der Waals surface area contributed by atoms with E-state index in [4.69, 9.17) is 23.2 Å². The maximum atomic E-state index is 13.2. The fourth-order valence-electron chi connectivity index (χ4n) is 3.61. The summed E-state index contributed by atoms with van der Waals surface area (Å²) in [5.74, 6) is 0. The molecule has 2 aromatic rings. The summed E-state index contributed by atoms with van der Waals surface area (Å²) in [6.07, 6.45) is 0. The number of rotatable bonds is 3. The molecule has 4 nitrogen and oxygen atoms in total. The summed E-state index contributed by atoms with van der Waals surface area (Å²) in [6.45, 7) is 7.66. The molecule has 140 valence electrons. The maximum Gasteiger partial charge on any atom is 0.243 e. The second kappa shape index (κ2) is 7.39. The van der Waals surface area contributed by atoms with Gasteiger partial charge in [-0.1, -0.05) is 47.0 Å². The van der Waals surface area contributed by atoms with Crippen LogP contribution in [0, 0.1) is 20.8 Å². The van der Waals surface area contributed by atoms with Gasteiger partial charge in [0.2, 0.25) is 10.0 Å². The van der Waals surface area contributed by atoms with Crippen molar-refractivity contribution in [2.75, 3.05) is 31.1 Å². The van der Waals surface area contributed by atoms with Crippen LogP contribution in [0.4, 0.5) is 5.69 Å². The first kappa shape index (κ1) is 19.5. The molecule has 0 spiro atoms. The van der Waals surface area contributed by atoms with Crippen molar-refractivity contribution in [3.8, 4) is 0 Å². The molecular formula is C19H22Cl2N2O2S. The Kier molecular flexibility index (Phi) is 5.54. The molecular weight excluding hydrogens is 391 g/mol. The van der Waals surface area contributed by atoms with Crippen LogP contribution in [0.25, 0.3) is 0 Å². The van der Waals surface area contributed by atoms with E-state index < -0.39 is 10.0 Å². The lowest BCUT2D eigenvalue weighted by Gasteiger charge is -2.36. The summed E-state index contributed by atoms with van der Waals surface area (Å²) in [6, 6.07) is 9.35. The fourth-order valence-corrected chi connectivity index (χ4v) is 5.86. The lowest BCUT2D eigenvalue weighted by molar-refractivity contribution is 0.384. The highest BCUT2D eigenvalue weighted by molar-refractivity contribution is 7.89. The molecule has 0 bridgehead atoms. The van der Waals surface area contributed by atoms with E-state index in [0.717, 1.165) is 22.4 Å². The Labute approximate surface area is 165 Å². The lowest BCUT2D eigenvalue weighted by atomic mass is 10.1. The summed E-state index contributed by atoms with van der Waals surface area (Å²) < 4.78 is 27.9. The van der Waals surface area contributed by atoms with Crippen molar-refractivity contribution in [1.82, 2.24) is 4.31 Å². The molecule has 0 amide bonds. The van der Waals surface area contributed by atoms with Crippen LogP contribution < -0.4 is 4.90 Å². The highest BCUT2D eigenvalue weighted by Gasteiger charge is 2.31. The Balaban J connectivity index is 1.83. The number of nitrogens with zero attached hydrogens (tertiary/aromatic N) is 2. The smallest absolute Gasteiger partial charge is 0.243 e. The number of sulfonamides is 1. The van der Waals surface area contributed by atoms with Gasteiger partial charge in [-0.05, 0) is 44.0 Å². The third-order valence-electron chi connectivity index (χ3n) is 4.71. The van der Waals surface area contributed by atoms with Gasteiger partial charge in [0.1, 0.15) is 0 Å². The standard InChI is InChI=1S/C19H22Cl2N2O2S/c1-13-11-14(2)19(15(3)12-13)26(24,25)23-9-7-22(8-10-23)17-6-4-5-16(20)18(17)21/h4-6,11-12H,7-10H2,1-3H3. The molecule has 1 saturated heterocycles. The van der Waals surface area contributed by atoms with Gasteiger partial charge in [0, 0.05) is 26.2 Å². The summed E-state index contributed by atoms with van der Waals surface area (Å²) in [7, 11) is -3.52. The van der Waals surface area contributed by atoms with Gasteiger partial charge in [-0.15, -0.1) is 0 Å². The highest BCUT2D eigenvalue weighted by Crippen LogP contribution is 2.33. The highest BCUT2D eigenvalue weighted by atomic mass is 35.5. The van der Waals surface area contributed by atoms with Gasteiger partial charge >= 0.3 is 0 Å². The summed E-state index contributed by atoms with van der Waals surface area (Å²) in [5, 5.41) is 1.01. The van der Waals surface area contributed by atoms with Crippen LogP contribution in [0.15, 0.2) is 35.2 Å². The topological polar surface area (TPSA) is 40.6 Å². The molecule has 3 rings (SSSR count). The van der Waals surface area contributed by atoms with Crippen LogP contribution in [0.5, 0.6) is 0 Å². The normalized spacial score (nSPS) is 16.1. The lowest BCUT2D eigenvalue weighted by Crippen LogP contribution is -2.49. The van der Waals surface area contributed by atoms with Crippen molar-refractivity contribution in [3.63, 3.8) is 0 Å². The molecule has 2 aromatic carbocycles. The average molecular weight is 413 g/mol. The first-order valence-electron chi connectivity index (χ1n) is 8.49. The van der Waals surface area contributed by atoms with Gasteiger partial charge in [0.05, 0.1) is 20.6 Å². The Morgan fingerprint density at radius 2 is 1.50 bits per heavy atom. The number of aryl methyl sites for hydroxylation is 3. The fraction of sp³-hybridized carbons (Fsp3) is 0.368. The van der Waals surface area contributed by atoms with Crippen molar-refractivity contribution in [1.29, 1.82) is 0 Å². The van der Waals surface area contributed by atoms with Crippen molar-refractivity contribution in [3.05, 3.63) is 57.1 Å². The van der Waals surface area contributed by atoms with E-state index in [1.165, 1.54) is 0 Å². The molecule has 1 aliphatic rings. The van der Waals surface area contributed by atoms with Crippen molar-refractivity contribution in [2.24, 2.45) is 0 Å². The molecule has 0 saturated carbocycles. The van der Waals surface area contributed by atoms with Gasteiger partial charge in [-0.25, -0.2) is 8.42 Å². The van der Waals surface area contributed by atoms with E-state index in [0.29, 0.717) is 41.1 Å². The van der Waals surface area contributed by atoms with E-state index in [1.807, 2.05) is 45.0 Å². The van der Waals surface area contributed by atoms with Gasteiger partial charge in [0.25, 0.3) is 0 Å². The third-order valence-corrected chi connectivity index (χ3v) is 7.73. The average Bonchev–Trinajstić information content (AvgIpc) is 2.56. The first-order chi connectivity index (χ1) is 12.2. The number of benzene rings is 2. The minimum absolute atomic E-state index is 0.415.